The van der Waals surface area contributed by atoms with E-state index in [2.05, 4.69) is 49.2 Å². The van der Waals surface area contributed by atoms with E-state index in [0.29, 0.717) is 36.4 Å². The Labute approximate surface area is 200 Å². The van der Waals surface area contributed by atoms with E-state index in [1.54, 1.807) is 37.8 Å². The first-order chi connectivity index (χ1) is 16.0. The first kappa shape index (κ1) is 22.7. The van der Waals surface area contributed by atoms with Crippen LogP contribution in [0.5, 0.6) is 17.6 Å². The molecule has 4 rings (SSSR count). The van der Waals surface area contributed by atoms with Crippen LogP contribution in [0.2, 0.25) is 0 Å². The number of hydrogen-bond acceptors (Lipinski definition) is 6. The van der Waals surface area contributed by atoms with Crippen LogP contribution in [0, 0.1) is 5.92 Å². The number of nitrogens with zero attached hydrogens (tertiary/aromatic N) is 4. The number of halogens is 1. The number of carbonyl (C=O) groups is 1. The number of rotatable bonds is 5. The number of methoxy groups -OCH3 is 1. The molecule has 2 amide bonds. The molecule has 1 aliphatic rings. The van der Waals surface area contributed by atoms with Gasteiger partial charge in [-0.3, -0.25) is 0 Å². The lowest BCUT2D eigenvalue weighted by Crippen LogP contribution is -2.42. The molecule has 8 nitrogen and oxygen atoms in total. The van der Waals surface area contributed by atoms with Crippen LogP contribution in [0.1, 0.15) is 18.9 Å². The fourth-order valence-corrected chi connectivity index (χ4v) is 3.77. The Kier molecular flexibility index (Phi) is 7.19. The summed E-state index contributed by atoms with van der Waals surface area (Å²) in [5.41, 5.74) is 2.97. The predicted octanol–water partition coefficient (Wildman–Crippen LogP) is 5.39. The highest BCUT2D eigenvalue weighted by molar-refractivity contribution is 9.10. The van der Waals surface area contributed by atoms with Gasteiger partial charge in [-0.05, 0) is 52.0 Å². The number of aromatic nitrogens is 3. The standard InChI is InChI=1S/C24H24BrN5O3/c1-16-15-30(24(31)29-20-6-7-22(32-2)26-14-20)9-8-18(16)10-17-4-3-5-21(11-17)33-23-27-12-19(25)13-28-23/h3-7,10-14,16H,8-9,15H2,1-2H3,(H,29,31)/b18-10+. The maximum atomic E-state index is 12.7. The van der Waals surface area contributed by atoms with Gasteiger partial charge >= 0.3 is 12.0 Å². The second kappa shape index (κ2) is 10.4. The summed E-state index contributed by atoms with van der Waals surface area (Å²) in [6, 6.07) is 11.5. The highest BCUT2D eigenvalue weighted by atomic mass is 79.9. The van der Waals surface area contributed by atoms with Gasteiger partial charge in [-0.1, -0.05) is 30.7 Å². The minimum absolute atomic E-state index is 0.127. The third-order valence-electron chi connectivity index (χ3n) is 5.30. The quantitative estimate of drug-likeness (QED) is 0.495. The molecule has 1 aromatic carbocycles. The molecule has 1 saturated heterocycles. The predicted molar refractivity (Wildman–Crippen MR) is 129 cm³/mol. The number of likely N-dealkylation sites (tertiary alicyclic amines) is 1. The van der Waals surface area contributed by atoms with Crippen LogP contribution >= 0.6 is 15.9 Å². The van der Waals surface area contributed by atoms with Crippen molar-refractivity contribution in [1.29, 1.82) is 0 Å². The molecule has 1 atom stereocenters. The number of piperidine rings is 1. The van der Waals surface area contributed by atoms with Crippen molar-refractivity contribution in [3.8, 4) is 17.6 Å². The summed E-state index contributed by atoms with van der Waals surface area (Å²) >= 11 is 3.31. The molecule has 2 aromatic heterocycles. The number of carbonyl (C=O) groups excluding carboxylic acids is 1. The van der Waals surface area contributed by atoms with E-state index in [-0.39, 0.29) is 11.9 Å². The maximum Gasteiger partial charge on any atom is 0.321 e. The van der Waals surface area contributed by atoms with Crippen molar-refractivity contribution in [2.75, 3.05) is 25.5 Å². The Bertz CT molecular complexity index is 1140. The van der Waals surface area contributed by atoms with Crippen LogP contribution in [0.4, 0.5) is 10.5 Å². The SMILES string of the molecule is COc1ccc(NC(=O)N2CC/C(=C\c3cccc(Oc4ncc(Br)cn4)c3)C(C)C2)cn1. The van der Waals surface area contributed by atoms with Gasteiger partial charge in [0.1, 0.15) is 5.75 Å². The molecule has 3 heterocycles. The van der Waals surface area contributed by atoms with E-state index in [1.165, 1.54) is 5.57 Å². The molecule has 1 aliphatic heterocycles. The Morgan fingerprint density at radius 1 is 1.18 bits per heavy atom. The van der Waals surface area contributed by atoms with Gasteiger partial charge in [0.25, 0.3) is 0 Å². The number of ether oxygens (including phenoxy) is 2. The van der Waals surface area contributed by atoms with Crippen LogP contribution in [0.3, 0.4) is 0 Å². The molecule has 170 valence electrons. The number of pyridine rings is 1. The van der Waals surface area contributed by atoms with E-state index in [4.69, 9.17) is 9.47 Å². The van der Waals surface area contributed by atoms with Crippen molar-refractivity contribution in [2.24, 2.45) is 5.92 Å². The average molecular weight is 510 g/mol. The largest absolute Gasteiger partial charge is 0.481 e. The van der Waals surface area contributed by atoms with Gasteiger partial charge in [0.05, 0.1) is 23.5 Å². The number of hydrogen-bond donors (Lipinski definition) is 1. The lowest BCUT2D eigenvalue weighted by Gasteiger charge is -2.33. The molecule has 0 bridgehead atoms. The number of anilines is 1. The van der Waals surface area contributed by atoms with Crippen molar-refractivity contribution >= 4 is 33.7 Å². The van der Waals surface area contributed by atoms with Gasteiger partial charge in [0.15, 0.2) is 0 Å². The molecule has 1 unspecified atom stereocenters. The van der Waals surface area contributed by atoms with Gasteiger partial charge in [0.2, 0.25) is 5.88 Å². The van der Waals surface area contributed by atoms with Gasteiger partial charge < -0.3 is 19.7 Å². The van der Waals surface area contributed by atoms with Crippen molar-refractivity contribution in [2.45, 2.75) is 13.3 Å². The van der Waals surface area contributed by atoms with E-state index in [0.717, 1.165) is 16.5 Å². The number of benzene rings is 1. The minimum atomic E-state index is -0.127. The summed E-state index contributed by atoms with van der Waals surface area (Å²) in [6.07, 6.45) is 7.85. The Hall–Kier alpha value is -3.46. The van der Waals surface area contributed by atoms with Crippen LogP contribution in [0.25, 0.3) is 6.08 Å². The van der Waals surface area contributed by atoms with E-state index < -0.39 is 0 Å². The molecule has 1 N–H and O–H groups in total. The zero-order valence-corrected chi connectivity index (χ0v) is 19.9. The monoisotopic (exact) mass is 509 g/mol. The van der Waals surface area contributed by atoms with Gasteiger partial charge in [-0.15, -0.1) is 0 Å². The second-order valence-corrected chi connectivity index (χ2v) is 8.61. The number of amides is 2. The van der Waals surface area contributed by atoms with Gasteiger partial charge in [-0.25, -0.2) is 19.7 Å². The lowest BCUT2D eigenvalue weighted by atomic mass is 9.91. The summed E-state index contributed by atoms with van der Waals surface area (Å²) in [7, 11) is 1.56. The molecule has 0 spiro atoms. The highest BCUT2D eigenvalue weighted by Gasteiger charge is 2.24. The van der Waals surface area contributed by atoms with Crippen molar-refractivity contribution in [3.63, 3.8) is 0 Å². The molecule has 0 saturated carbocycles. The zero-order chi connectivity index (χ0) is 23.2. The maximum absolute atomic E-state index is 12.7. The minimum Gasteiger partial charge on any atom is -0.481 e. The summed E-state index contributed by atoms with van der Waals surface area (Å²) < 4.78 is 11.6. The van der Waals surface area contributed by atoms with Crippen LogP contribution in [-0.2, 0) is 0 Å². The Morgan fingerprint density at radius 3 is 2.70 bits per heavy atom. The second-order valence-electron chi connectivity index (χ2n) is 7.69. The topological polar surface area (TPSA) is 89.5 Å². The van der Waals surface area contributed by atoms with E-state index >= 15 is 0 Å². The van der Waals surface area contributed by atoms with Crippen LogP contribution in [0.15, 0.2) is 65.0 Å². The van der Waals surface area contributed by atoms with Crippen LogP contribution in [-0.4, -0.2) is 46.1 Å². The Morgan fingerprint density at radius 2 is 2.00 bits per heavy atom. The molecule has 0 radical (unpaired) electrons. The third kappa shape index (κ3) is 6.07. The fourth-order valence-electron chi connectivity index (χ4n) is 3.57. The smallest absolute Gasteiger partial charge is 0.321 e. The number of urea groups is 1. The third-order valence-corrected chi connectivity index (χ3v) is 5.71. The average Bonchev–Trinajstić information content (AvgIpc) is 2.82. The summed E-state index contributed by atoms with van der Waals surface area (Å²) in [4.78, 5) is 26.9. The van der Waals surface area contributed by atoms with Crippen molar-refractivity contribution < 1.29 is 14.3 Å². The van der Waals surface area contributed by atoms with E-state index in [1.807, 2.05) is 29.2 Å². The van der Waals surface area contributed by atoms with Crippen molar-refractivity contribution in [1.82, 2.24) is 19.9 Å². The molecule has 1 fully saturated rings. The van der Waals surface area contributed by atoms with Gasteiger partial charge in [-0.2, -0.15) is 0 Å². The molecular formula is C24H24BrN5O3. The zero-order valence-electron chi connectivity index (χ0n) is 18.4. The first-order valence-corrected chi connectivity index (χ1v) is 11.3. The van der Waals surface area contributed by atoms with Crippen LogP contribution < -0.4 is 14.8 Å². The first-order valence-electron chi connectivity index (χ1n) is 10.5. The number of nitrogens with one attached hydrogen (secondary N) is 1. The van der Waals surface area contributed by atoms with Crippen molar-refractivity contribution in [3.05, 3.63) is 70.6 Å². The summed E-state index contributed by atoms with van der Waals surface area (Å²) in [5.74, 6) is 1.41. The van der Waals surface area contributed by atoms with Gasteiger partial charge in [0, 0.05) is 31.5 Å². The highest BCUT2D eigenvalue weighted by Crippen LogP contribution is 2.27. The molecule has 0 aliphatic carbocycles. The summed E-state index contributed by atoms with van der Waals surface area (Å²) in [5, 5.41) is 2.90. The van der Waals surface area contributed by atoms with E-state index in [9.17, 15) is 4.79 Å². The molecule has 9 heteroatoms. The lowest BCUT2D eigenvalue weighted by molar-refractivity contribution is 0.198. The molecule has 33 heavy (non-hydrogen) atoms. The Balaban J connectivity index is 1.37. The fraction of sp³-hybridized carbons (Fsp3) is 0.250. The summed E-state index contributed by atoms with van der Waals surface area (Å²) in [6.45, 7) is 3.43. The molecular weight excluding hydrogens is 486 g/mol. The normalized spacial score (nSPS) is 17.0. The molecule has 3 aromatic rings.